The van der Waals surface area contributed by atoms with Gasteiger partial charge in [0.25, 0.3) is 0 Å². The normalized spacial score (nSPS) is 10.9. The van der Waals surface area contributed by atoms with Crippen LogP contribution in [0.25, 0.3) is 4.85 Å². The van der Waals surface area contributed by atoms with Crippen LogP contribution in [0.4, 0.5) is 18.9 Å². The summed E-state index contributed by atoms with van der Waals surface area (Å²) in [7, 11) is 0. The van der Waals surface area contributed by atoms with E-state index in [0.717, 1.165) is 0 Å². The summed E-state index contributed by atoms with van der Waals surface area (Å²) in [6, 6.07) is 0.551. The lowest BCUT2D eigenvalue weighted by Crippen LogP contribution is -2.04. The third-order valence-corrected chi connectivity index (χ3v) is 1.30. The Balaban J connectivity index is 3.24. The largest absolute Gasteiger partial charge is 0.502 e. The van der Waals surface area contributed by atoms with E-state index in [1.54, 1.807) is 0 Å². The highest BCUT2D eigenvalue weighted by Gasteiger charge is 2.31. The molecule has 0 atom stereocenters. The summed E-state index contributed by atoms with van der Waals surface area (Å²) in [5, 5.41) is 8.81. The molecule has 1 aromatic heterocycles. The number of pyridine rings is 1. The minimum absolute atomic E-state index is 0.476. The van der Waals surface area contributed by atoms with Crippen LogP contribution >= 0.6 is 0 Å². The van der Waals surface area contributed by atoms with E-state index in [-0.39, 0.29) is 0 Å². The van der Waals surface area contributed by atoms with Gasteiger partial charge in [0.05, 0.1) is 12.1 Å². The summed E-state index contributed by atoms with van der Waals surface area (Å²) in [4.78, 5) is 5.72. The van der Waals surface area contributed by atoms with E-state index in [0.29, 0.717) is 12.3 Å². The number of hydrogen-bond donors (Lipinski definition) is 1. The van der Waals surface area contributed by atoms with Gasteiger partial charge in [0.1, 0.15) is 0 Å². The Morgan fingerprint density at radius 2 is 2.08 bits per heavy atom. The standard InChI is InChI=1S/C7H3F3N2O/c1-11-5-2-4(7(8,9)10)3-12-6(5)13/h2-3H,(H,12,13). The zero-order chi connectivity index (χ0) is 10.1. The molecule has 0 fully saturated rings. The second kappa shape index (κ2) is 2.94. The molecule has 1 rings (SSSR count). The molecule has 1 heterocycles. The molecule has 68 valence electrons. The minimum atomic E-state index is -4.54. The van der Waals surface area contributed by atoms with Gasteiger partial charge in [-0.05, 0) is 6.07 Å². The van der Waals surface area contributed by atoms with Gasteiger partial charge in [0, 0.05) is 6.20 Å². The Morgan fingerprint density at radius 3 is 2.54 bits per heavy atom. The molecular formula is C7H3F3N2O. The van der Waals surface area contributed by atoms with Crippen LogP contribution in [-0.4, -0.2) is 10.1 Å². The first-order valence-corrected chi connectivity index (χ1v) is 3.09. The molecule has 0 aromatic carbocycles. The molecule has 13 heavy (non-hydrogen) atoms. The first kappa shape index (κ1) is 9.32. The molecule has 0 aliphatic heterocycles. The highest BCUT2D eigenvalue weighted by atomic mass is 19.4. The third kappa shape index (κ3) is 1.87. The number of rotatable bonds is 0. The molecule has 0 aliphatic carbocycles. The first-order valence-electron chi connectivity index (χ1n) is 3.09. The molecule has 0 saturated carbocycles. The van der Waals surface area contributed by atoms with E-state index < -0.39 is 23.3 Å². The third-order valence-electron chi connectivity index (χ3n) is 1.30. The molecule has 0 bridgehead atoms. The highest BCUT2D eigenvalue weighted by molar-refractivity contribution is 5.54. The van der Waals surface area contributed by atoms with Crippen LogP contribution in [0.2, 0.25) is 0 Å². The topological polar surface area (TPSA) is 37.5 Å². The Kier molecular flexibility index (Phi) is 2.10. The minimum Gasteiger partial charge on any atom is -0.502 e. The van der Waals surface area contributed by atoms with E-state index in [9.17, 15) is 13.2 Å². The van der Waals surface area contributed by atoms with Crippen molar-refractivity contribution in [3.63, 3.8) is 0 Å². The average Bonchev–Trinajstić information content (AvgIpc) is 2.03. The van der Waals surface area contributed by atoms with Gasteiger partial charge in [-0.15, -0.1) is 0 Å². The summed E-state index contributed by atoms with van der Waals surface area (Å²) < 4.78 is 36.0. The van der Waals surface area contributed by atoms with Crippen molar-refractivity contribution in [2.24, 2.45) is 0 Å². The Bertz CT molecular complexity index is 367. The second-order valence-corrected chi connectivity index (χ2v) is 2.18. The van der Waals surface area contributed by atoms with Crippen LogP contribution in [0.5, 0.6) is 5.88 Å². The van der Waals surface area contributed by atoms with Crippen LogP contribution in [0.1, 0.15) is 5.56 Å². The maximum absolute atomic E-state index is 12.0. The van der Waals surface area contributed by atoms with Gasteiger partial charge in [-0.1, -0.05) is 0 Å². The number of aromatic hydroxyl groups is 1. The molecule has 0 spiro atoms. The van der Waals surface area contributed by atoms with Crippen molar-refractivity contribution in [2.75, 3.05) is 0 Å². The van der Waals surface area contributed by atoms with Gasteiger partial charge in [-0.2, -0.15) is 13.2 Å². The molecule has 0 saturated heterocycles. The van der Waals surface area contributed by atoms with Crippen molar-refractivity contribution < 1.29 is 18.3 Å². The van der Waals surface area contributed by atoms with Gasteiger partial charge >= 0.3 is 6.18 Å². The molecule has 6 heteroatoms. The van der Waals surface area contributed by atoms with Crippen molar-refractivity contribution >= 4 is 5.69 Å². The number of hydrogen-bond acceptors (Lipinski definition) is 2. The SMILES string of the molecule is [C-]#[N+]c1cc(C(F)(F)F)cnc1O. The molecule has 3 nitrogen and oxygen atoms in total. The van der Waals surface area contributed by atoms with Crippen molar-refractivity contribution in [1.82, 2.24) is 4.98 Å². The lowest BCUT2D eigenvalue weighted by atomic mass is 10.2. The molecular weight excluding hydrogens is 185 g/mol. The van der Waals surface area contributed by atoms with Crippen molar-refractivity contribution in [1.29, 1.82) is 0 Å². The first-order chi connectivity index (χ1) is 5.95. The van der Waals surface area contributed by atoms with E-state index in [1.165, 1.54) is 0 Å². The maximum atomic E-state index is 12.0. The second-order valence-electron chi connectivity index (χ2n) is 2.18. The van der Waals surface area contributed by atoms with Crippen LogP contribution in [0.3, 0.4) is 0 Å². The van der Waals surface area contributed by atoms with E-state index >= 15 is 0 Å². The van der Waals surface area contributed by atoms with Crippen LogP contribution in [0, 0.1) is 6.57 Å². The summed E-state index contributed by atoms with van der Waals surface area (Å²) >= 11 is 0. The van der Waals surface area contributed by atoms with Crippen LogP contribution < -0.4 is 0 Å². The fourth-order valence-corrected chi connectivity index (χ4v) is 0.683. The predicted molar refractivity (Wildman–Crippen MR) is 37.2 cm³/mol. The smallest absolute Gasteiger partial charge is 0.416 e. The van der Waals surface area contributed by atoms with Crippen LogP contribution in [-0.2, 0) is 6.18 Å². The van der Waals surface area contributed by atoms with E-state index in [1.807, 2.05) is 0 Å². The monoisotopic (exact) mass is 188 g/mol. The molecule has 0 aliphatic rings. The van der Waals surface area contributed by atoms with Gasteiger partial charge in [-0.25, -0.2) is 9.83 Å². The number of aromatic nitrogens is 1. The van der Waals surface area contributed by atoms with E-state index in [4.69, 9.17) is 11.7 Å². The number of alkyl halides is 3. The highest BCUT2D eigenvalue weighted by Crippen LogP contribution is 2.33. The Labute approximate surface area is 71.3 Å². The zero-order valence-corrected chi connectivity index (χ0v) is 6.13. The average molecular weight is 188 g/mol. The quantitative estimate of drug-likeness (QED) is 0.634. The zero-order valence-electron chi connectivity index (χ0n) is 6.13. The van der Waals surface area contributed by atoms with Crippen molar-refractivity contribution in [3.8, 4) is 5.88 Å². The number of halogens is 3. The lowest BCUT2D eigenvalue weighted by Gasteiger charge is -2.05. The molecule has 0 unspecified atom stereocenters. The van der Waals surface area contributed by atoms with Crippen molar-refractivity contribution in [2.45, 2.75) is 6.18 Å². The Morgan fingerprint density at radius 1 is 1.46 bits per heavy atom. The van der Waals surface area contributed by atoms with Crippen molar-refractivity contribution in [3.05, 3.63) is 29.2 Å². The van der Waals surface area contributed by atoms with Gasteiger partial charge in [0.15, 0.2) is 0 Å². The maximum Gasteiger partial charge on any atom is 0.416 e. The van der Waals surface area contributed by atoms with Gasteiger partial charge in [-0.3, -0.25) is 0 Å². The van der Waals surface area contributed by atoms with Gasteiger partial charge < -0.3 is 5.11 Å². The predicted octanol–water partition coefficient (Wildman–Crippen LogP) is 2.36. The fraction of sp³-hybridized carbons (Fsp3) is 0.143. The molecule has 0 amide bonds. The summed E-state index contributed by atoms with van der Waals surface area (Å²) in [5.74, 6) is -0.692. The Hall–Kier alpha value is -1.77. The fourth-order valence-electron chi connectivity index (χ4n) is 0.683. The molecule has 1 aromatic rings. The van der Waals surface area contributed by atoms with Crippen LogP contribution in [0.15, 0.2) is 12.3 Å². The lowest BCUT2D eigenvalue weighted by molar-refractivity contribution is -0.137. The summed E-state index contributed by atoms with van der Waals surface area (Å²) in [5.41, 5.74) is -1.55. The molecule has 1 N–H and O–H groups in total. The molecule has 0 radical (unpaired) electrons. The summed E-state index contributed by atoms with van der Waals surface area (Å²) in [6.07, 6.45) is -4.07. The number of nitrogens with zero attached hydrogens (tertiary/aromatic N) is 2. The summed E-state index contributed by atoms with van der Waals surface area (Å²) in [6.45, 7) is 6.44. The van der Waals surface area contributed by atoms with Gasteiger partial charge in [0.2, 0.25) is 11.6 Å². The van der Waals surface area contributed by atoms with E-state index in [2.05, 4.69) is 9.83 Å².